The molecule has 0 heterocycles. The normalized spacial score (nSPS) is 13.0. The van der Waals surface area contributed by atoms with Crippen LogP contribution in [0.3, 0.4) is 0 Å². The molecule has 1 rings (SSSR count). The van der Waals surface area contributed by atoms with E-state index in [4.69, 9.17) is 16.2 Å². The highest BCUT2D eigenvalue weighted by atomic mass is 32.3. The highest BCUT2D eigenvalue weighted by molar-refractivity contribution is 7.80. The van der Waals surface area contributed by atoms with Crippen molar-refractivity contribution in [3.63, 3.8) is 0 Å². The molecule has 0 fully saturated rings. The molecule has 23 heavy (non-hydrogen) atoms. The van der Waals surface area contributed by atoms with Gasteiger partial charge in [0, 0.05) is 5.69 Å². The van der Waals surface area contributed by atoms with Crippen LogP contribution in [0.15, 0.2) is 18.2 Å². The Labute approximate surface area is 137 Å². The topological polar surface area (TPSA) is 148 Å². The molecule has 1 unspecified atom stereocenters. The Morgan fingerprint density at radius 3 is 2.22 bits per heavy atom. The van der Waals surface area contributed by atoms with Crippen LogP contribution >= 0.6 is 0 Å². The summed E-state index contributed by atoms with van der Waals surface area (Å²) in [6.45, 7) is 0.846. The maximum atomic E-state index is 9.79. The fourth-order valence-electron chi connectivity index (χ4n) is 1.57. The minimum Gasteiger partial charge on any atom is -0.726 e. The Balaban J connectivity index is 0.000000688. The van der Waals surface area contributed by atoms with E-state index < -0.39 is 16.5 Å². The van der Waals surface area contributed by atoms with Crippen LogP contribution in [-0.4, -0.2) is 70.1 Å². The number of hydrogen-bond donors (Lipinski definition) is 3. The van der Waals surface area contributed by atoms with Crippen LogP contribution in [0, 0.1) is 0 Å². The van der Waals surface area contributed by atoms with Gasteiger partial charge in [0.1, 0.15) is 25.0 Å². The Bertz CT molecular complexity index is 586. The third kappa shape index (κ3) is 11.6. The number of hydrogen-bond acceptors (Lipinski definition) is 8. The first-order valence-corrected chi connectivity index (χ1v) is 7.95. The molecule has 134 valence electrons. The summed E-state index contributed by atoms with van der Waals surface area (Å²) in [5, 5.41) is 9.79. The van der Waals surface area contributed by atoms with Gasteiger partial charge in [-0.1, -0.05) is 0 Å². The van der Waals surface area contributed by atoms with Crippen molar-refractivity contribution in [3.8, 4) is 5.75 Å². The highest BCUT2D eigenvalue weighted by Gasteiger charge is 2.16. The van der Waals surface area contributed by atoms with Gasteiger partial charge >= 0.3 is 0 Å². The molecule has 10 heteroatoms. The number of ether oxygens (including phenoxy) is 1. The van der Waals surface area contributed by atoms with E-state index in [1.165, 1.54) is 0 Å². The van der Waals surface area contributed by atoms with Gasteiger partial charge in [0.25, 0.3) is 0 Å². The van der Waals surface area contributed by atoms with Crippen LogP contribution in [-0.2, 0) is 14.6 Å². The molecule has 0 saturated carbocycles. The molecule has 0 aliphatic heterocycles. The van der Waals surface area contributed by atoms with Gasteiger partial charge in [-0.05, 0) is 18.2 Å². The molecular weight excluding hydrogens is 326 g/mol. The Hall–Kier alpha value is -1.59. The van der Waals surface area contributed by atoms with Gasteiger partial charge in [0.15, 0.2) is 0 Å². The van der Waals surface area contributed by atoms with E-state index in [0.29, 0.717) is 28.2 Å². The number of aliphatic hydroxyl groups is 1. The summed E-state index contributed by atoms with van der Waals surface area (Å²) >= 11 is 0. The first-order valence-electron chi connectivity index (χ1n) is 6.62. The average Bonchev–Trinajstić information content (AvgIpc) is 2.35. The summed E-state index contributed by atoms with van der Waals surface area (Å²) in [6, 6.07) is 5.07. The molecule has 9 nitrogen and oxygen atoms in total. The third-order valence-corrected chi connectivity index (χ3v) is 2.84. The fraction of sp³-hybridized carbons (Fsp3) is 0.538. The summed E-state index contributed by atoms with van der Waals surface area (Å²) in [7, 11) is 2.44. The van der Waals surface area contributed by atoms with E-state index in [0.717, 1.165) is 7.11 Å². The molecule has 0 radical (unpaired) electrons. The molecule has 1 aromatic carbocycles. The standard InChI is InChI=1S/C12H22N3O2.CH4O4S/c1-15(2,3)7-10(16)8-17-12-5-4-9(13)6-11(12)14;1-5-6(2,3)4/h4-6,10,16H,7-8,13-14H2,1-3H3;1H3,(H,2,3,4)/q+1;/p-1. The molecule has 1 atom stereocenters. The maximum Gasteiger partial charge on any atom is 0.217 e. The lowest BCUT2D eigenvalue weighted by atomic mass is 10.2. The van der Waals surface area contributed by atoms with Crippen molar-refractivity contribution in [2.75, 3.05) is 52.9 Å². The van der Waals surface area contributed by atoms with Gasteiger partial charge in [-0.2, -0.15) is 0 Å². The molecule has 1 aromatic rings. The molecule has 0 bridgehead atoms. The van der Waals surface area contributed by atoms with Crippen molar-refractivity contribution in [3.05, 3.63) is 18.2 Å². The van der Waals surface area contributed by atoms with E-state index in [-0.39, 0.29) is 6.61 Å². The number of quaternary nitrogens is 1. The van der Waals surface area contributed by atoms with Crippen LogP contribution in [0.4, 0.5) is 11.4 Å². The second kappa shape index (κ2) is 8.89. The number of nitrogen functional groups attached to an aromatic ring is 2. The molecule has 5 N–H and O–H groups in total. The fourth-order valence-corrected chi connectivity index (χ4v) is 1.57. The van der Waals surface area contributed by atoms with E-state index in [9.17, 15) is 18.1 Å². The number of nitrogens with zero attached hydrogens (tertiary/aromatic N) is 1. The second-order valence-corrected chi connectivity index (χ2v) is 6.96. The van der Waals surface area contributed by atoms with Crippen LogP contribution in [0.25, 0.3) is 0 Å². The van der Waals surface area contributed by atoms with Crippen LogP contribution in [0.2, 0.25) is 0 Å². The van der Waals surface area contributed by atoms with Gasteiger partial charge in [0.2, 0.25) is 10.4 Å². The molecular formula is C13H25N3O6S. The Kier molecular flexibility index (Phi) is 8.28. The summed E-state index contributed by atoms with van der Waals surface area (Å²) in [6.07, 6.45) is -0.521. The Morgan fingerprint density at radius 2 is 1.83 bits per heavy atom. The van der Waals surface area contributed by atoms with Gasteiger partial charge in [-0.15, -0.1) is 0 Å². The Morgan fingerprint density at radius 1 is 1.30 bits per heavy atom. The zero-order valence-electron chi connectivity index (χ0n) is 13.7. The number of benzene rings is 1. The molecule has 0 amide bonds. The molecule has 0 aromatic heterocycles. The first kappa shape index (κ1) is 21.4. The quantitative estimate of drug-likeness (QED) is 0.266. The summed E-state index contributed by atoms with van der Waals surface area (Å²) < 4.78 is 37.2. The zero-order valence-corrected chi connectivity index (χ0v) is 14.5. The molecule has 0 saturated heterocycles. The monoisotopic (exact) mass is 351 g/mol. The van der Waals surface area contributed by atoms with Crippen LogP contribution < -0.4 is 16.2 Å². The van der Waals surface area contributed by atoms with Crippen LogP contribution in [0.1, 0.15) is 0 Å². The summed E-state index contributed by atoms with van der Waals surface area (Å²) in [5.74, 6) is 0.555. The lowest BCUT2D eigenvalue weighted by Crippen LogP contribution is -2.43. The minimum atomic E-state index is -4.41. The van der Waals surface area contributed by atoms with Crippen molar-refractivity contribution in [2.24, 2.45) is 0 Å². The number of anilines is 2. The maximum absolute atomic E-state index is 9.79. The number of nitrogens with two attached hydrogens (primary N) is 2. The number of aliphatic hydroxyl groups excluding tert-OH is 1. The highest BCUT2D eigenvalue weighted by Crippen LogP contribution is 2.23. The third-order valence-electron chi connectivity index (χ3n) is 2.43. The predicted octanol–water partition coefficient (Wildman–Crippen LogP) is -0.610. The van der Waals surface area contributed by atoms with Crippen molar-refractivity contribution in [1.29, 1.82) is 0 Å². The van der Waals surface area contributed by atoms with Crippen LogP contribution in [0.5, 0.6) is 5.75 Å². The van der Waals surface area contributed by atoms with E-state index in [2.05, 4.69) is 4.18 Å². The van der Waals surface area contributed by atoms with Gasteiger partial charge < -0.3 is 30.3 Å². The molecule has 0 spiro atoms. The van der Waals surface area contributed by atoms with Gasteiger partial charge in [-0.3, -0.25) is 4.18 Å². The van der Waals surface area contributed by atoms with E-state index in [1.54, 1.807) is 18.2 Å². The lowest BCUT2D eigenvalue weighted by molar-refractivity contribution is -0.873. The SMILES string of the molecule is COS(=O)(=O)[O-].C[N+](C)(C)CC(O)COc1ccc(N)cc1N. The molecule has 0 aliphatic rings. The van der Waals surface area contributed by atoms with Gasteiger partial charge in [-0.25, -0.2) is 8.42 Å². The van der Waals surface area contributed by atoms with Crippen molar-refractivity contribution in [2.45, 2.75) is 6.10 Å². The van der Waals surface area contributed by atoms with E-state index >= 15 is 0 Å². The predicted molar refractivity (Wildman–Crippen MR) is 86.4 cm³/mol. The number of rotatable bonds is 6. The van der Waals surface area contributed by atoms with E-state index in [1.807, 2.05) is 21.1 Å². The van der Waals surface area contributed by atoms with Crippen molar-refractivity contribution < 1.29 is 31.5 Å². The average molecular weight is 351 g/mol. The minimum absolute atomic E-state index is 0.226. The smallest absolute Gasteiger partial charge is 0.217 e. The van der Waals surface area contributed by atoms with Gasteiger partial charge in [0.05, 0.1) is 33.9 Å². The largest absolute Gasteiger partial charge is 0.726 e. The zero-order chi connectivity index (χ0) is 18.3. The summed E-state index contributed by atoms with van der Waals surface area (Å²) in [5.41, 5.74) is 12.4. The number of likely N-dealkylation sites (N-methyl/N-ethyl adjacent to an activating group) is 1. The van der Waals surface area contributed by atoms with Crippen molar-refractivity contribution >= 4 is 21.8 Å². The first-order chi connectivity index (χ1) is 10.3. The lowest BCUT2D eigenvalue weighted by Gasteiger charge is -2.26. The second-order valence-electron chi connectivity index (χ2n) is 5.81. The van der Waals surface area contributed by atoms with Crippen molar-refractivity contribution in [1.82, 2.24) is 0 Å². The molecule has 0 aliphatic carbocycles. The summed E-state index contributed by atoms with van der Waals surface area (Å²) in [4.78, 5) is 0.